The third-order valence-electron chi connectivity index (χ3n) is 2.40. The molecule has 0 amide bonds. The van der Waals surface area contributed by atoms with Crippen molar-refractivity contribution in [1.29, 1.82) is 0 Å². The van der Waals surface area contributed by atoms with Gasteiger partial charge in [0.1, 0.15) is 16.7 Å². The van der Waals surface area contributed by atoms with Crippen LogP contribution in [-0.2, 0) is 4.79 Å². The fraction of sp³-hybridized carbons (Fsp3) is 0.143. The number of halogens is 1. The van der Waals surface area contributed by atoms with Gasteiger partial charge in [0.05, 0.1) is 0 Å². The molecule has 104 valence electrons. The number of rotatable bonds is 5. The number of hydrogen-bond donors (Lipinski definition) is 1. The summed E-state index contributed by atoms with van der Waals surface area (Å²) in [6.07, 6.45) is -0.906. The largest absolute Gasteiger partial charge is 0.479 e. The topological polar surface area (TPSA) is 68.7 Å². The summed E-state index contributed by atoms with van der Waals surface area (Å²) in [6.45, 7) is 1.46. The number of carboxylic acid groups (broad SMARTS) is 1. The third-order valence-corrected chi connectivity index (χ3v) is 2.61. The van der Waals surface area contributed by atoms with Gasteiger partial charge in [0.2, 0.25) is 5.88 Å². The van der Waals surface area contributed by atoms with Gasteiger partial charge in [-0.05, 0) is 37.3 Å². The zero-order chi connectivity index (χ0) is 14.5. The number of ether oxygens (including phenoxy) is 2. The first-order valence-corrected chi connectivity index (χ1v) is 6.22. The SMILES string of the molecule is C[C@H](Oc1ccc(Oc2cccc(Cl)n2)cc1)C(=O)O. The number of carboxylic acids is 1. The van der Waals surface area contributed by atoms with Crippen LogP contribution in [0.4, 0.5) is 0 Å². The van der Waals surface area contributed by atoms with Gasteiger partial charge in [-0.15, -0.1) is 0 Å². The third kappa shape index (κ3) is 3.86. The van der Waals surface area contributed by atoms with Crippen LogP contribution >= 0.6 is 11.6 Å². The molecule has 2 aromatic rings. The minimum absolute atomic E-state index is 0.345. The number of nitrogens with zero attached hydrogens (tertiary/aromatic N) is 1. The van der Waals surface area contributed by atoms with Crippen molar-refractivity contribution in [2.75, 3.05) is 0 Å². The van der Waals surface area contributed by atoms with Gasteiger partial charge in [0.25, 0.3) is 0 Å². The molecule has 0 saturated heterocycles. The fourth-order valence-electron chi connectivity index (χ4n) is 1.41. The Kier molecular flexibility index (Phi) is 4.42. The Labute approximate surface area is 120 Å². The van der Waals surface area contributed by atoms with Crippen molar-refractivity contribution < 1.29 is 19.4 Å². The highest BCUT2D eigenvalue weighted by Crippen LogP contribution is 2.23. The van der Waals surface area contributed by atoms with Crippen molar-refractivity contribution in [2.24, 2.45) is 0 Å². The van der Waals surface area contributed by atoms with E-state index in [0.717, 1.165) is 0 Å². The Morgan fingerprint density at radius 2 is 1.85 bits per heavy atom. The molecule has 0 unspecified atom stereocenters. The Bertz CT molecular complexity index is 600. The predicted octanol–water partition coefficient (Wildman–Crippen LogP) is 3.38. The predicted molar refractivity (Wildman–Crippen MR) is 73.5 cm³/mol. The summed E-state index contributed by atoms with van der Waals surface area (Å²) in [5, 5.41) is 9.09. The smallest absolute Gasteiger partial charge is 0.344 e. The molecule has 1 atom stereocenters. The van der Waals surface area contributed by atoms with Crippen molar-refractivity contribution in [3.63, 3.8) is 0 Å². The summed E-state index contributed by atoms with van der Waals surface area (Å²) in [4.78, 5) is 14.7. The van der Waals surface area contributed by atoms with Crippen LogP contribution < -0.4 is 9.47 Å². The lowest BCUT2D eigenvalue weighted by atomic mass is 10.3. The van der Waals surface area contributed by atoms with Gasteiger partial charge in [0.15, 0.2) is 6.10 Å². The van der Waals surface area contributed by atoms with Crippen LogP contribution in [0.5, 0.6) is 17.4 Å². The molecular weight excluding hydrogens is 282 g/mol. The molecule has 5 nitrogen and oxygen atoms in total. The highest BCUT2D eigenvalue weighted by atomic mass is 35.5. The Hall–Kier alpha value is -2.27. The average Bonchev–Trinajstić information content (AvgIpc) is 2.41. The second kappa shape index (κ2) is 6.25. The van der Waals surface area contributed by atoms with E-state index < -0.39 is 12.1 Å². The van der Waals surface area contributed by atoms with Gasteiger partial charge < -0.3 is 14.6 Å². The monoisotopic (exact) mass is 293 g/mol. The van der Waals surface area contributed by atoms with Gasteiger partial charge >= 0.3 is 5.97 Å². The summed E-state index contributed by atoms with van der Waals surface area (Å²) in [5.41, 5.74) is 0. The summed E-state index contributed by atoms with van der Waals surface area (Å²) in [7, 11) is 0. The van der Waals surface area contributed by atoms with Crippen molar-refractivity contribution in [3.05, 3.63) is 47.6 Å². The molecule has 1 aromatic heterocycles. The molecule has 0 aliphatic carbocycles. The lowest BCUT2D eigenvalue weighted by molar-refractivity contribution is -0.144. The summed E-state index contributed by atoms with van der Waals surface area (Å²) in [5.74, 6) is 0.361. The van der Waals surface area contributed by atoms with Gasteiger partial charge in [-0.1, -0.05) is 17.7 Å². The molecule has 6 heteroatoms. The Balaban J connectivity index is 2.03. The van der Waals surface area contributed by atoms with Crippen LogP contribution in [0, 0.1) is 0 Å². The highest BCUT2D eigenvalue weighted by molar-refractivity contribution is 6.29. The van der Waals surface area contributed by atoms with Crippen LogP contribution in [0.3, 0.4) is 0 Å². The van der Waals surface area contributed by atoms with Crippen molar-refractivity contribution >= 4 is 17.6 Å². The van der Waals surface area contributed by atoms with Crippen molar-refractivity contribution in [2.45, 2.75) is 13.0 Å². The van der Waals surface area contributed by atoms with Crippen molar-refractivity contribution in [3.8, 4) is 17.4 Å². The standard InChI is InChI=1S/C14H12ClNO4/c1-9(14(17)18)19-10-5-7-11(8-6-10)20-13-4-2-3-12(15)16-13/h2-9H,1H3,(H,17,18)/t9-/m0/s1. The molecule has 1 aromatic carbocycles. The van der Waals surface area contributed by atoms with E-state index in [-0.39, 0.29) is 0 Å². The number of hydrogen-bond acceptors (Lipinski definition) is 4. The molecule has 0 aliphatic rings. The van der Waals surface area contributed by atoms with Crippen molar-refractivity contribution in [1.82, 2.24) is 4.98 Å². The zero-order valence-electron chi connectivity index (χ0n) is 10.6. The number of aliphatic carboxylic acids is 1. The zero-order valence-corrected chi connectivity index (χ0v) is 11.4. The maximum Gasteiger partial charge on any atom is 0.344 e. The first kappa shape index (κ1) is 14.1. The van der Waals surface area contributed by atoms with E-state index in [2.05, 4.69) is 4.98 Å². The van der Waals surface area contributed by atoms with Crippen LogP contribution in [-0.4, -0.2) is 22.2 Å². The number of pyridine rings is 1. The van der Waals surface area contributed by atoms with Crippen LogP contribution in [0.15, 0.2) is 42.5 Å². The number of carbonyl (C=O) groups is 1. The van der Waals surface area contributed by atoms with Gasteiger partial charge in [-0.3, -0.25) is 0 Å². The molecule has 0 radical (unpaired) electrons. The molecule has 0 fully saturated rings. The molecule has 0 saturated carbocycles. The minimum atomic E-state index is -1.02. The number of benzene rings is 1. The molecule has 0 aliphatic heterocycles. The summed E-state index contributed by atoms with van der Waals surface area (Å²) >= 11 is 5.76. The van der Waals surface area contributed by atoms with Gasteiger partial charge in [-0.2, -0.15) is 0 Å². The maximum atomic E-state index is 10.7. The summed E-state index contributed by atoms with van der Waals surface area (Å²) < 4.78 is 10.7. The van der Waals surface area contributed by atoms with E-state index in [1.807, 2.05) is 0 Å². The van der Waals surface area contributed by atoms with E-state index in [4.69, 9.17) is 26.2 Å². The normalized spacial score (nSPS) is 11.7. The Morgan fingerprint density at radius 1 is 1.20 bits per heavy atom. The van der Waals surface area contributed by atoms with E-state index in [1.165, 1.54) is 6.92 Å². The molecule has 0 bridgehead atoms. The van der Waals surface area contributed by atoms with Crippen LogP contribution in [0.2, 0.25) is 5.15 Å². The van der Waals surface area contributed by atoms with Gasteiger partial charge in [0, 0.05) is 6.07 Å². The maximum absolute atomic E-state index is 10.7. The molecule has 1 heterocycles. The summed E-state index contributed by atoms with van der Waals surface area (Å²) in [6, 6.07) is 11.6. The van der Waals surface area contributed by atoms with Gasteiger partial charge in [-0.25, -0.2) is 9.78 Å². The second-order valence-electron chi connectivity index (χ2n) is 3.97. The van der Waals surface area contributed by atoms with Crippen LogP contribution in [0.25, 0.3) is 0 Å². The number of aromatic nitrogens is 1. The first-order valence-electron chi connectivity index (χ1n) is 5.84. The molecule has 2 rings (SSSR count). The second-order valence-corrected chi connectivity index (χ2v) is 4.36. The Morgan fingerprint density at radius 3 is 2.45 bits per heavy atom. The quantitative estimate of drug-likeness (QED) is 0.856. The van der Waals surface area contributed by atoms with E-state index >= 15 is 0 Å². The molecular formula is C14H12ClNO4. The molecule has 0 spiro atoms. The molecule has 1 N–H and O–H groups in total. The van der Waals surface area contributed by atoms with Crippen LogP contribution in [0.1, 0.15) is 6.92 Å². The van der Waals surface area contributed by atoms with E-state index in [9.17, 15) is 4.79 Å². The van der Waals surface area contributed by atoms with E-state index in [1.54, 1.807) is 42.5 Å². The molecule has 20 heavy (non-hydrogen) atoms. The lowest BCUT2D eigenvalue weighted by Crippen LogP contribution is -2.22. The van der Waals surface area contributed by atoms with E-state index in [0.29, 0.717) is 22.5 Å². The lowest BCUT2D eigenvalue weighted by Gasteiger charge is -2.11. The average molecular weight is 294 g/mol. The first-order chi connectivity index (χ1) is 9.54. The minimum Gasteiger partial charge on any atom is -0.479 e. The highest BCUT2D eigenvalue weighted by Gasteiger charge is 2.12. The fourth-order valence-corrected chi connectivity index (χ4v) is 1.56.